The zero-order chi connectivity index (χ0) is 20.1. The number of nitrogens with zero attached hydrogens (tertiary/aromatic N) is 2. The number of carbonyl (C=O) groups excluding carboxylic acids is 1. The van der Waals surface area contributed by atoms with Gasteiger partial charge in [0.1, 0.15) is 5.75 Å². The molecule has 2 atom stereocenters. The minimum Gasteiger partial charge on any atom is -0.493 e. The van der Waals surface area contributed by atoms with Crippen LogP contribution in [0.5, 0.6) is 5.75 Å². The number of aliphatic carboxylic acids is 1. The average Bonchev–Trinajstić information content (AvgIpc) is 2.71. The highest BCUT2D eigenvalue weighted by molar-refractivity contribution is 5.85. The van der Waals surface area contributed by atoms with Crippen molar-refractivity contribution in [2.75, 3.05) is 32.8 Å². The molecule has 0 aliphatic carbocycles. The number of fused-ring (bicyclic) bond motifs is 1. The highest BCUT2D eigenvalue weighted by atomic mass is 35.5. The van der Waals surface area contributed by atoms with Crippen molar-refractivity contribution in [1.82, 2.24) is 15.1 Å². The molecule has 2 unspecified atom stereocenters. The van der Waals surface area contributed by atoms with Crippen LogP contribution >= 0.6 is 12.4 Å². The summed E-state index contributed by atoms with van der Waals surface area (Å²) in [6, 6.07) is 7.93. The first-order valence-electron chi connectivity index (χ1n) is 10.2. The summed E-state index contributed by atoms with van der Waals surface area (Å²) >= 11 is 0. The number of ether oxygens (including phenoxy) is 1. The Labute approximate surface area is 178 Å². The number of carbonyl (C=O) groups is 2. The van der Waals surface area contributed by atoms with Gasteiger partial charge in [-0.1, -0.05) is 25.1 Å². The summed E-state index contributed by atoms with van der Waals surface area (Å²) in [5.41, 5.74) is 1.04. The van der Waals surface area contributed by atoms with E-state index in [4.69, 9.17) is 9.84 Å². The highest BCUT2D eigenvalue weighted by Gasteiger charge is 2.31. The zero-order valence-electron chi connectivity index (χ0n) is 17.2. The Morgan fingerprint density at radius 3 is 2.62 bits per heavy atom. The van der Waals surface area contributed by atoms with Crippen LogP contribution in [0.15, 0.2) is 24.3 Å². The summed E-state index contributed by atoms with van der Waals surface area (Å²) in [6.07, 6.45) is 2.55. The molecule has 1 saturated heterocycles. The third-order valence-corrected chi connectivity index (χ3v) is 5.96. The van der Waals surface area contributed by atoms with E-state index in [0.29, 0.717) is 6.61 Å². The van der Waals surface area contributed by atoms with Crippen molar-refractivity contribution >= 4 is 24.3 Å². The lowest BCUT2D eigenvalue weighted by Crippen LogP contribution is -2.52. The van der Waals surface area contributed by atoms with Gasteiger partial charge in [-0.2, -0.15) is 0 Å². The minimum atomic E-state index is -0.784. The highest BCUT2D eigenvalue weighted by Crippen LogP contribution is 2.31. The molecule has 2 N–H and O–H groups in total. The van der Waals surface area contributed by atoms with Crippen LogP contribution in [0.3, 0.4) is 0 Å². The number of rotatable bonds is 7. The fourth-order valence-electron chi connectivity index (χ4n) is 4.26. The number of carboxylic acid groups (broad SMARTS) is 1. The van der Waals surface area contributed by atoms with Crippen LogP contribution in [0, 0.1) is 0 Å². The third kappa shape index (κ3) is 5.84. The molecule has 2 aliphatic rings. The Morgan fingerprint density at radius 2 is 1.97 bits per heavy atom. The number of likely N-dealkylation sites (tertiary alicyclic amines) is 1. The molecular weight excluding hydrogens is 394 g/mol. The van der Waals surface area contributed by atoms with Gasteiger partial charge < -0.3 is 15.2 Å². The Kier molecular flexibility index (Phi) is 8.74. The lowest BCUT2D eigenvalue weighted by molar-refractivity contribution is -0.139. The predicted molar refractivity (Wildman–Crippen MR) is 114 cm³/mol. The number of hydrogen-bond acceptors (Lipinski definition) is 5. The third-order valence-electron chi connectivity index (χ3n) is 5.96. The van der Waals surface area contributed by atoms with E-state index in [9.17, 15) is 9.59 Å². The summed E-state index contributed by atoms with van der Waals surface area (Å²) in [7, 11) is 0. The standard InChI is InChI=1S/C21H31N3O4.ClH/c1-3-23(14-20(25)26)16-8-11-24(12-9-16)15(2)21(27)22-18-10-13-28-19-7-5-4-6-17(18)19;/h4-7,15-16,18H,3,8-14H2,1-2H3,(H,22,27)(H,25,26);1H. The molecule has 7 nitrogen and oxygen atoms in total. The summed E-state index contributed by atoms with van der Waals surface area (Å²) < 4.78 is 5.68. The maximum Gasteiger partial charge on any atom is 0.317 e. The van der Waals surface area contributed by atoms with Crippen molar-refractivity contribution in [2.45, 2.75) is 51.2 Å². The van der Waals surface area contributed by atoms with Gasteiger partial charge in [-0.3, -0.25) is 19.4 Å². The molecule has 1 amide bonds. The Balaban J connectivity index is 0.00000300. The smallest absolute Gasteiger partial charge is 0.317 e. The molecule has 8 heteroatoms. The fraction of sp³-hybridized carbons (Fsp3) is 0.619. The topological polar surface area (TPSA) is 82.1 Å². The number of nitrogens with one attached hydrogen (secondary N) is 1. The van der Waals surface area contributed by atoms with Gasteiger partial charge in [0.15, 0.2) is 0 Å². The number of amides is 1. The van der Waals surface area contributed by atoms with E-state index < -0.39 is 5.97 Å². The number of likely N-dealkylation sites (N-methyl/N-ethyl adjacent to an activating group) is 1. The van der Waals surface area contributed by atoms with Crippen molar-refractivity contribution in [2.24, 2.45) is 0 Å². The zero-order valence-corrected chi connectivity index (χ0v) is 18.0. The van der Waals surface area contributed by atoms with Gasteiger partial charge in [0.25, 0.3) is 0 Å². The first kappa shape index (κ1) is 23.4. The molecule has 0 aromatic heterocycles. The molecule has 0 bridgehead atoms. The molecule has 3 rings (SSSR count). The van der Waals surface area contributed by atoms with Crippen molar-refractivity contribution < 1.29 is 19.4 Å². The normalized spacial score (nSPS) is 20.9. The second-order valence-corrected chi connectivity index (χ2v) is 7.64. The molecule has 29 heavy (non-hydrogen) atoms. The number of halogens is 1. The monoisotopic (exact) mass is 425 g/mol. The Hall–Kier alpha value is -1.83. The first-order chi connectivity index (χ1) is 13.5. The molecule has 1 fully saturated rings. The average molecular weight is 426 g/mol. The van der Waals surface area contributed by atoms with Gasteiger partial charge in [-0.15, -0.1) is 12.4 Å². The number of para-hydroxylation sites is 1. The number of carboxylic acids is 1. The van der Waals surface area contributed by atoms with Crippen molar-refractivity contribution in [3.05, 3.63) is 29.8 Å². The van der Waals surface area contributed by atoms with Crippen LogP contribution in [0.2, 0.25) is 0 Å². The predicted octanol–water partition coefficient (Wildman–Crippen LogP) is 2.31. The molecule has 2 aliphatic heterocycles. The van der Waals surface area contributed by atoms with Crippen molar-refractivity contribution in [1.29, 1.82) is 0 Å². The van der Waals surface area contributed by atoms with E-state index in [1.165, 1.54) is 0 Å². The fourth-order valence-corrected chi connectivity index (χ4v) is 4.26. The second-order valence-electron chi connectivity index (χ2n) is 7.64. The van der Waals surface area contributed by atoms with Crippen LogP contribution < -0.4 is 10.1 Å². The summed E-state index contributed by atoms with van der Waals surface area (Å²) in [4.78, 5) is 28.1. The quantitative estimate of drug-likeness (QED) is 0.697. The van der Waals surface area contributed by atoms with Gasteiger partial charge >= 0.3 is 5.97 Å². The van der Waals surface area contributed by atoms with Crippen molar-refractivity contribution in [3.8, 4) is 5.75 Å². The largest absolute Gasteiger partial charge is 0.493 e. The molecule has 0 saturated carbocycles. The van der Waals surface area contributed by atoms with Gasteiger partial charge in [0.2, 0.25) is 5.91 Å². The number of piperidine rings is 1. The SMILES string of the molecule is CCN(CC(=O)O)C1CCN(C(C)C(=O)NC2CCOc3ccccc32)CC1.Cl. The Morgan fingerprint density at radius 1 is 1.28 bits per heavy atom. The molecular formula is C21H32ClN3O4. The first-order valence-corrected chi connectivity index (χ1v) is 10.2. The van der Waals surface area contributed by atoms with E-state index in [1.54, 1.807) is 0 Å². The minimum absolute atomic E-state index is 0. The molecule has 1 aromatic carbocycles. The van der Waals surface area contributed by atoms with Crippen molar-refractivity contribution in [3.63, 3.8) is 0 Å². The lowest BCUT2D eigenvalue weighted by atomic mass is 9.99. The van der Waals surface area contributed by atoms with Gasteiger partial charge in [0.05, 0.1) is 25.2 Å². The summed E-state index contributed by atoms with van der Waals surface area (Å²) in [5, 5.41) is 12.3. The number of benzene rings is 1. The van der Waals surface area contributed by atoms with Crippen LogP contribution in [-0.4, -0.2) is 71.7 Å². The van der Waals surface area contributed by atoms with E-state index in [1.807, 2.05) is 43.0 Å². The van der Waals surface area contributed by atoms with Gasteiger partial charge in [-0.05, 0) is 32.4 Å². The van der Waals surface area contributed by atoms with Gasteiger partial charge in [0, 0.05) is 31.1 Å². The van der Waals surface area contributed by atoms with Crippen LogP contribution in [0.1, 0.15) is 44.7 Å². The van der Waals surface area contributed by atoms with E-state index in [0.717, 1.165) is 50.2 Å². The molecule has 2 heterocycles. The second kappa shape index (κ2) is 10.8. The molecule has 1 aromatic rings. The number of hydrogen-bond donors (Lipinski definition) is 2. The molecule has 162 valence electrons. The summed E-state index contributed by atoms with van der Waals surface area (Å²) in [5.74, 6) is 0.109. The molecule has 0 spiro atoms. The van der Waals surface area contributed by atoms with E-state index in [2.05, 4.69) is 10.2 Å². The van der Waals surface area contributed by atoms with E-state index >= 15 is 0 Å². The maximum absolute atomic E-state index is 12.9. The lowest BCUT2D eigenvalue weighted by Gasteiger charge is -2.39. The summed E-state index contributed by atoms with van der Waals surface area (Å²) in [6.45, 7) is 6.99. The van der Waals surface area contributed by atoms with E-state index in [-0.39, 0.29) is 43.0 Å². The molecule has 0 radical (unpaired) electrons. The Bertz CT molecular complexity index is 694. The van der Waals surface area contributed by atoms with Crippen LogP contribution in [-0.2, 0) is 9.59 Å². The van der Waals surface area contributed by atoms with Crippen LogP contribution in [0.25, 0.3) is 0 Å². The van der Waals surface area contributed by atoms with Gasteiger partial charge in [-0.25, -0.2) is 0 Å². The maximum atomic E-state index is 12.9. The van der Waals surface area contributed by atoms with Crippen LogP contribution in [0.4, 0.5) is 0 Å².